The van der Waals surface area contributed by atoms with E-state index in [0.717, 1.165) is 12.8 Å². The van der Waals surface area contributed by atoms with Crippen LogP contribution in [0.4, 0.5) is 10.2 Å². The standard InChI is InChI=1S/C14H16FN3O/c1-3-5-12-17-13(16-2)9-14(18-12)19-11-7-4-6-10(15)8-11/h4,6-9H,3,5H2,1-2H3,(H,16,17,18). The molecule has 2 rings (SSSR count). The van der Waals surface area contributed by atoms with E-state index < -0.39 is 0 Å². The molecule has 0 aliphatic rings. The number of benzene rings is 1. The van der Waals surface area contributed by atoms with Crippen LogP contribution < -0.4 is 10.1 Å². The highest BCUT2D eigenvalue weighted by Crippen LogP contribution is 2.22. The third-order valence-corrected chi connectivity index (χ3v) is 2.50. The number of halogens is 1. The van der Waals surface area contributed by atoms with Crippen molar-refractivity contribution < 1.29 is 9.13 Å². The van der Waals surface area contributed by atoms with Crippen LogP contribution in [0.5, 0.6) is 11.6 Å². The number of rotatable bonds is 5. The maximum Gasteiger partial charge on any atom is 0.224 e. The molecule has 1 heterocycles. The molecule has 4 nitrogen and oxygen atoms in total. The van der Waals surface area contributed by atoms with Crippen LogP contribution in [-0.4, -0.2) is 17.0 Å². The van der Waals surface area contributed by atoms with E-state index in [1.165, 1.54) is 12.1 Å². The zero-order chi connectivity index (χ0) is 13.7. The smallest absolute Gasteiger partial charge is 0.224 e. The summed E-state index contributed by atoms with van der Waals surface area (Å²) in [6.45, 7) is 2.06. The van der Waals surface area contributed by atoms with Gasteiger partial charge in [0.15, 0.2) is 0 Å². The number of nitrogens with one attached hydrogen (secondary N) is 1. The number of hydrogen-bond acceptors (Lipinski definition) is 4. The summed E-state index contributed by atoms with van der Waals surface area (Å²) >= 11 is 0. The van der Waals surface area contributed by atoms with Gasteiger partial charge in [-0.05, 0) is 18.6 Å². The molecule has 2 aromatic rings. The Morgan fingerprint density at radius 3 is 2.79 bits per heavy atom. The highest BCUT2D eigenvalue weighted by atomic mass is 19.1. The van der Waals surface area contributed by atoms with Gasteiger partial charge in [-0.1, -0.05) is 13.0 Å². The van der Waals surface area contributed by atoms with E-state index in [-0.39, 0.29) is 5.82 Å². The second-order valence-electron chi connectivity index (χ2n) is 4.07. The van der Waals surface area contributed by atoms with Gasteiger partial charge in [0.2, 0.25) is 5.88 Å². The number of hydrogen-bond donors (Lipinski definition) is 1. The Labute approximate surface area is 111 Å². The van der Waals surface area contributed by atoms with E-state index in [9.17, 15) is 4.39 Å². The van der Waals surface area contributed by atoms with Gasteiger partial charge < -0.3 is 10.1 Å². The van der Waals surface area contributed by atoms with Crippen molar-refractivity contribution in [1.29, 1.82) is 0 Å². The second-order valence-corrected chi connectivity index (χ2v) is 4.07. The average Bonchev–Trinajstić information content (AvgIpc) is 2.39. The van der Waals surface area contributed by atoms with Crippen molar-refractivity contribution in [2.45, 2.75) is 19.8 Å². The van der Waals surface area contributed by atoms with Crippen LogP contribution in [-0.2, 0) is 6.42 Å². The summed E-state index contributed by atoms with van der Waals surface area (Å²) in [5.41, 5.74) is 0. The maximum atomic E-state index is 13.1. The fourth-order valence-electron chi connectivity index (χ4n) is 1.64. The number of aromatic nitrogens is 2. The number of ether oxygens (including phenoxy) is 1. The molecule has 0 radical (unpaired) electrons. The molecule has 0 spiro atoms. The van der Waals surface area contributed by atoms with Crippen molar-refractivity contribution in [3.63, 3.8) is 0 Å². The van der Waals surface area contributed by atoms with Gasteiger partial charge in [-0.2, -0.15) is 4.98 Å². The lowest BCUT2D eigenvalue weighted by molar-refractivity contribution is 0.454. The minimum absolute atomic E-state index is 0.339. The summed E-state index contributed by atoms with van der Waals surface area (Å²) in [6.07, 6.45) is 1.72. The summed E-state index contributed by atoms with van der Waals surface area (Å²) in [5, 5.41) is 2.96. The summed E-state index contributed by atoms with van der Waals surface area (Å²) in [5.74, 6) is 1.89. The maximum absolute atomic E-state index is 13.1. The first-order valence-corrected chi connectivity index (χ1v) is 6.20. The molecule has 0 aliphatic carbocycles. The van der Waals surface area contributed by atoms with E-state index in [4.69, 9.17) is 4.74 Å². The number of aryl methyl sites for hydroxylation is 1. The highest BCUT2D eigenvalue weighted by Gasteiger charge is 2.06. The largest absolute Gasteiger partial charge is 0.439 e. The number of anilines is 1. The number of nitrogens with zero attached hydrogens (tertiary/aromatic N) is 2. The molecular weight excluding hydrogens is 245 g/mol. The van der Waals surface area contributed by atoms with Crippen LogP contribution in [0, 0.1) is 5.82 Å². The lowest BCUT2D eigenvalue weighted by atomic mass is 10.3. The van der Waals surface area contributed by atoms with E-state index in [2.05, 4.69) is 22.2 Å². The first kappa shape index (κ1) is 13.3. The molecule has 0 atom stereocenters. The van der Waals surface area contributed by atoms with Crippen molar-refractivity contribution in [2.75, 3.05) is 12.4 Å². The van der Waals surface area contributed by atoms with Gasteiger partial charge in [-0.15, -0.1) is 0 Å². The summed E-state index contributed by atoms with van der Waals surface area (Å²) in [7, 11) is 1.78. The molecule has 1 aromatic carbocycles. The van der Waals surface area contributed by atoms with Gasteiger partial charge in [0.25, 0.3) is 0 Å². The minimum Gasteiger partial charge on any atom is -0.439 e. The Morgan fingerprint density at radius 1 is 1.26 bits per heavy atom. The minimum atomic E-state index is -0.339. The topological polar surface area (TPSA) is 47.0 Å². The summed E-state index contributed by atoms with van der Waals surface area (Å²) in [4.78, 5) is 8.62. The van der Waals surface area contributed by atoms with E-state index in [1.54, 1.807) is 25.2 Å². The molecule has 19 heavy (non-hydrogen) atoms. The molecule has 5 heteroatoms. The molecule has 0 aliphatic heterocycles. The van der Waals surface area contributed by atoms with E-state index >= 15 is 0 Å². The van der Waals surface area contributed by atoms with Crippen LogP contribution >= 0.6 is 0 Å². The molecule has 0 bridgehead atoms. The zero-order valence-corrected chi connectivity index (χ0v) is 11.0. The fourth-order valence-corrected chi connectivity index (χ4v) is 1.64. The Hall–Kier alpha value is -2.17. The van der Waals surface area contributed by atoms with Gasteiger partial charge in [-0.25, -0.2) is 9.37 Å². The van der Waals surface area contributed by atoms with Crippen molar-refractivity contribution in [3.05, 3.63) is 42.0 Å². The highest BCUT2D eigenvalue weighted by molar-refractivity contribution is 5.39. The SMILES string of the molecule is CCCc1nc(NC)cc(Oc2cccc(F)c2)n1. The molecule has 0 amide bonds. The van der Waals surface area contributed by atoms with Crippen molar-refractivity contribution in [3.8, 4) is 11.6 Å². The van der Waals surface area contributed by atoms with Crippen LogP contribution in [0.25, 0.3) is 0 Å². The second kappa shape index (κ2) is 6.13. The van der Waals surface area contributed by atoms with E-state index in [0.29, 0.717) is 23.3 Å². The Balaban J connectivity index is 2.26. The van der Waals surface area contributed by atoms with Crippen LogP contribution in [0.15, 0.2) is 30.3 Å². The van der Waals surface area contributed by atoms with Crippen LogP contribution in [0.2, 0.25) is 0 Å². The van der Waals surface area contributed by atoms with Gasteiger partial charge in [0, 0.05) is 25.6 Å². The summed E-state index contributed by atoms with van der Waals surface area (Å²) < 4.78 is 18.6. The monoisotopic (exact) mass is 261 g/mol. The quantitative estimate of drug-likeness (QED) is 0.896. The first-order chi connectivity index (χ1) is 9.21. The predicted molar refractivity (Wildman–Crippen MR) is 72.0 cm³/mol. The zero-order valence-electron chi connectivity index (χ0n) is 11.0. The molecule has 0 fully saturated rings. The molecule has 1 aromatic heterocycles. The summed E-state index contributed by atoms with van der Waals surface area (Å²) in [6, 6.07) is 7.65. The van der Waals surface area contributed by atoms with Gasteiger partial charge in [-0.3, -0.25) is 0 Å². The lowest BCUT2D eigenvalue weighted by Crippen LogP contribution is -2.01. The first-order valence-electron chi connectivity index (χ1n) is 6.20. The fraction of sp³-hybridized carbons (Fsp3) is 0.286. The van der Waals surface area contributed by atoms with E-state index in [1.807, 2.05) is 0 Å². The van der Waals surface area contributed by atoms with Gasteiger partial charge >= 0.3 is 0 Å². The Morgan fingerprint density at radius 2 is 2.11 bits per heavy atom. The lowest BCUT2D eigenvalue weighted by Gasteiger charge is -2.08. The molecule has 0 unspecified atom stereocenters. The third kappa shape index (κ3) is 3.64. The normalized spacial score (nSPS) is 10.3. The van der Waals surface area contributed by atoms with Gasteiger partial charge in [0.05, 0.1) is 0 Å². The van der Waals surface area contributed by atoms with Gasteiger partial charge in [0.1, 0.15) is 23.2 Å². The van der Waals surface area contributed by atoms with Crippen molar-refractivity contribution >= 4 is 5.82 Å². The van der Waals surface area contributed by atoms with Crippen molar-refractivity contribution in [2.24, 2.45) is 0 Å². The predicted octanol–water partition coefficient (Wildman–Crippen LogP) is 3.40. The van der Waals surface area contributed by atoms with Crippen LogP contribution in [0.1, 0.15) is 19.2 Å². The third-order valence-electron chi connectivity index (χ3n) is 2.50. The van der Waals surface area contributed by atoms with Crippen LogP contribution in [0.3, 0.4) is 0 Å². The molecular formula is C14H16FN3O. The molecule has 1 N–H and O–H groups in total. The molecule has 100 valence electrons. The molecule has 0 saturated carbocycles. The Bertz CT molecular complexity index is 560. The van der Waals surface area contributed by atoms with Crippen molar-refractivity contribution in [1.82, 2.24) is 9.97 Å². The average molecular weight is 261 g/mol. The molecule has 0 saturated heterocycles. The Kier molecular flexibility index (Phi) is 4.28.